The number of halogens is 2. The molecule has 0 radical (unpaired) electrons. The smallest absolute Gasteiger partial charge is 0.248 e. The van der Waals surface area contributed by atoms with Crippen LogP contribution < -0.4 is 11.5 Å². The maximum absolute atomic E-state index is 12.4. The van der Waals surface area contributed by atoms with Crippen molar-refractivity contribution in [3.8, 4) is 0 Å². The molecule has 1 unspecified atom stereocenters. The van der Waals surface area contributed by atoms with Crippen LogP contribution in [-0.4, -0.2) is 10.1 Å². The molecule has 0 spiro atoms. The Hall–Kier alpha value is -1.37. The fourth-order valence-electron chi connectivity index (χ4n) is 1.74. The standard InChI is InChI=1S/C14H12BrClN2O2S/c15-11-6-10(17)3-4-13(11)21(20)7-9-2-1-8(14(18)19)5-12(9)16/h1-6H,7,17H2,(H2,18,19). The summed E-state index contributed by atoms with van der Waals surface area (Å²) in [6.45, 7) is 0. The average Bonchev–Trinajstić information content (AvgIpc) is 2.40. The Morgan fingerprint density at radius 3 is 2.52 bits per heavy atom. The zero-order chi connectivity index (χ0) is 15.6. The van der Waals surface area contributed by atoms with E-state index < -0.39 is 16.7 Å². The van der Waals surface area contributed by atoms with E-state index in [1.807, 2.05) is 0 Å². The Labute approximate surface area is 138 Å². The molecule has 0 aliphatic rings. The SMILES string of the molecule is NC(=O)c1ccc(CS(=O)c2ccc(N)cc2Br)c(Cl)c1. The van der Waals surface area contributed by atoms with Crippen molar-refractivity contribution in [3.63, 3.8) is 0 Å². The molecule has 4 nitrogen and oxygen atoms in total. The minimum absolute atomic E-state index is 0.237. The van der Waals surface area contributed by atoms with Crippen molar-refractivity contribution >= 4 is 49.9 Å². The molecule has 0 aromatic heterocycles. The molecule has 0 fully saturated rings. The summed E-state index contributed by atoms with van der Waals surface area (Å²) in [7, 11) is -1.28. The van der Waals surface area contributed by atoms with Gasteiger partial charge in [0.25, 0.3) is 0 Å². The number of carbonyl (C=O) groups is 1. The minimum Gasteiger partial charge on any atom is -0.399 e. The summed E-state index contributed by atoms with van der Waals surface area (Å²) < 4.78 is 13.1. The molecule has 7 heteroatoms. The van der Waals surface area contributed by atoms with Crippen LogP contribution in [0.2, 0.25) is 5.02 Å². The number of benzene rings is 2. The van der Waals surface area contributed by atoms with Crippen LogP contribution in [0.25, 0.3) is 0 Å². The fraction of sp³-hybridized carbons (Fsp3) is 0.0714. The molecule has 1 amide bonds. The maximum Gasteiger partial charge on any atom is 0.248 e. The second kappa shape index (κ2) is 6.60. The summed E-state index contributed by atoms with van der Waals surface area (Å²) in [5.41, 5.74) is 12.4. The first kappa shape index (κ1) is 16.0. The van der Waals surface area contributed by atoms with Crippen LogP contribution in [-0.2, 0) is 16.6 Å². The Morgan fingerprint density at radius 1 is 1.24 bits per heavy atom. The summed E-state index contributed by atoms with van der Waals surface area (Å²) in [6, 6.07) is 9.81. The number of rotatable bonds is 4. The summed E-state index contributed by atoms with van der Waals surface area (Å²) >= 11 is 9.44. The molecule has 0 bridgehead atoms. The predicted molar refractivity (Wildman–Crippen MR) is 88.6 cm³/mol. The molecule has 2 aromatic rings. The molecule has 0 aliphatic carbocycles. The first-order valence-electron chi connectivity index (χ1n) is 5.90. The van der Waals surface area contributed by atoms with E-state index in [2.05, 4.69) is 15.9 Å². The van der Waals surface area contributed by atoms with Crippen molar-refractivity contribution in [2.75, 3.05) is 5.73 Å². The topological polar surface area (TPSA) is 86.2 Å². The van der Waals surface area contributed by atoms with Gasteiger partial charge in [-0.25, -0.2) is 0 Å². The highest BCUT2D eigenvalue weighted by Crippen LogP contribution is 2.27. The van der Waals surface area contributed by atoms with Gasteiger partial charge in [-0.15, -0.1) is 0 Å². The van der Waals surface area contributed by atoms with Crippen LogP contribution in [0.5, 0.6) is 0 Å². The molecule has 0 saturated carbocycles. The molecule has 110 valence electrons. The highest BCUT2D eigenvalue weighted by molar-refractivity contribution is 9.10. The van der Waals surface area contributed by atoms with Gasteiger partial charge in [-0.2, -0.15) is 0 Å². The van der Waals surface area contributed by atoms with Gasteiger partial charge in [-0.3, -0.25) is 9.00 Å². The van der Waals surface area contributed by atoms with Gasteiger partial charge in [0.05, 0.1) is 21.4 Å². The van der Waals surface area contributed by atoms with E-state index in [1.54, 1.807) is 30.3 Å². The second-order valence-corrected chi connectivity index (χ2v) is 7.03. The van der Waals surface area contributed by atoms with E-state index in [1.165, 1.54) is 6.07 Å². The van der Waals surface area contributed by atoms with Crippen molar-refractivity contribution in [3.05, 3.63) is 57.0 Å². The van der Waals surface area contributed by atoms with Crippen LogP contribution in [0.1, 0.15) is 15.9 Å². The molecular weight excluding hydrogens is 376 g/mol. The zero-order valence-electron chi connectivity index (χ0n) is 10.8. The first-order valence-corrected chi connectivity index (χ1v) is 8.39. The molecule has 2 aromatic carbocycles. The molecule has 21 heavy (non-hydrogen) atoms. The summed E-state index contributed by atoms with van der Waals surface area (Å²) in [6.07, 6.45) is 0. The maximum atomic E-state index is 12.4. The van der Waals surface area contributed by atoms with Gasteiger partial charge in [-0.05, 0) is 51.8 Å². The van der Waals surface area contributed by atoms with E-state index in [-0.39, 0.29) is 5.75 Å². The van der Waals surface area contributed by atoms with Crippen molar-refractivity contribution in [1.29, 1.82) is 0 Å². The van der Waals surface area contributed by atoms with E-state index in [0.29, 0.717) is 31.2 Å². The summed E-state index contributed by atoms with van der Waals surface area (Å²) in [5.74, 6) is -0.314. The number of primary amides is 1. The van der Waals surface area contributed by atoms with Gasteiger partial charge >= 0.3 is 0 Å². The third-order valence-electron chi connectivity index (χ3n) is 2.83. The number of nitrogens with two attached hydrogens (primary N) is 2. The quantitative estimate of drug-likeness (QED) is 0.790. The van der Waals surface area contributed by atoms with E-state index in [9.17, 15) is 9.00 Å². The molecule has 1 atom stereocenters. The predicted octanol–water partition coefficient (Wildman–Crippen LogP) is 3.09. The van der Waals surface area contributed by atoms with Gasteiger partial charge < -0.3 is 11.5 Å². The number of carbonyl (C=O) groups excluding carboxylic acids is 1. The first-order chi connectivity index (χ1) is 9.88. The summed E-state index contributed by atoms with van der Waals surface area (Å²) in [4.78, 5) is 11.7. The normalized spacial score (nSPS) is 12.1. The number of hydrogen-bond acceptors (Lipinski definition) is 3. The van der Waals surface area contributed by atoms with Gasteiger partial charge in [0.2, 0.25) is 5.91 Å². The van der Waals surface area contributed by atoms with Crippen LogP contribution in [0, 0.1) is 0 Å². The third-order valence-corrected chi connectivity index (χ3v) is 5.52. The highest BCUT2D eigenvalue weighted by atomic mass is 79.9. The number of nitrogen functional groups attached to an aromatic ring is 1. The third kappa shape index (κ3) is 3.84. The van der Waals surface area contributed by atoms with Gasteiger partial charge in [-0.1, -0.05) is 17.7 Å². The lowest BCUT2D eigenvalue weighted by molar-refractivity contribution is 0.100. The molecule has 0 heterocycles. The molecular formula is C14H12BrClN2O2S. The second-order valence-electron chi connectivity index (χ2n) is 4.35. The van der Waals surface area contributed by atoms with Crippen LogP contribution >= 0.6 is 27.5 Å². The van der Waals surface area contributed by atoms with Gasteiger partial charge in [0.15, 0.2) is 0 Å². The molecule has 4 N–H and O–H groups in total. The Morgan fingerprint density at radius 2 is 1.95 bits per heavy atom. The number of anilines is 1. The van der Waals surface area contributed by atoms with E-state index in [0.717, 1.165) is 0 Å². The van der Waals surface area contributed by atoms with Crippen LogP contribution in [0.4, 0.5) is 5.69 Å². The molecule has 2 rings (SSSR count). The van der Waals surface area contributed by atoms with Crippen molar-refractivity contribution in [2.24, 2.45) is 5.73 Å². The lowest BCUT2D eigenvalue weighted by atomic mass is 10.1. The van der Waals surface area contributed by atoms with Gasteiger partial charge in [0, 0.05) is 20.7 Å². The Bertz CT molecular complexity index is 737. The lowest BCUT2D eigenvalue weighted by Crippen LogP contribution is -2.11. The monoisotopic (exact) mass is 386 g/mol. The Kier molecular flexibility index (Phi) is 5.03. The number of hydrogen-bond donors (Lipinski definition) is 2. The Balaban J connectivity index is 2.25. The van der Waals surface area contributed by atoms with Gasteiger partial charge in [0.1, 0.15) is 0 Å². The lowest BCUT2D eigenvalue weighted by Gasteiger charge is -2.08. The van der Waals surface area contributed by atoms with Crippen molar-refractivity contribution in [1.82, 2.24) is 0 Å². The molecule has 0 saturated heterocycles. The summed E-state index contributed by atoms with van der Waals surface area (Å²) in [5, 5.41) is 0.367. The van der Waals surface area contributed by atoms with Crippen LogP contribution in [0.15, 0.2) is 45.8 Å². The largest absolute Gasteiger partial charge is 0.399 e. The van der Waals surface area contributed by atoms with Crippen molar-refractivity contribution in [2.45, 2.75) is 10.6 Å². The van der Waals surface area contributed by atoms with Crippen LogP contribution in [0.3, 0.4) is 0 Å². The van der Waals surface area contributed by atoms with E-state index >= 15 is 0 Å². The minimum atomic E-state index is -1.28. The molecule has 0 aliphatic heterocycles. The van der Waals surface area contributed by atoms with Crippen molar-refractivity contribution < 1.29 is 9.00 Å². The number of amides is 1. The van der Waals surface area contributed by atoms with E-state index in [4.69, 9.17) is 23.1 Å². The average molecular weight is 388 g/mol. The zero-order valence-corrected chi connectivity index (χ0v) is 14.0. The fourth-order valence-corrected chi connectivity index (χ4v) is 4.19. The highest BCUT2D eigenvalue weighted by Gasteiger charge is 2.13.